The summed E-state index contributed by atoms with van der Waals surface area (Å²) in [5, 5.41) is 6.98. The lowest BCUT2D eigenvalue weighted by atomic mass is 10.1. The number of urea groups is 1. The number of nitrogens with one attached hydrogen (secondary N) is 1. The van der Waals surface area contributed by atoms with E-state index in [1.165, 1.54) is 11.5 Å². The number of carbonyl (C=O) groups excluding carboxylic acids is 1. The molecule has 2 amide bonds. The Kier molecular flexibility index (Phi) is 6.77. The molecular weight excluding hydrogens is 514 g/mol. The third kappa shape index (κ3) is 5.37. The third-order valence-corrected chi connectivity index (χ3v) is 7.53. The van der Waals surface area contributed by atoms with Crippen molar-refractivity contribution in [3.63, 3.8) is 0 Å². The molecule has 0 spiro atoms. The number of carbonyl (C=O) groups is 1. The third-order valence-electron chi connectivity index (χ3n) is 6.64. The van der Waals surface area contributed by atoms with Crippen molar-refractivity contribution in [1.29, 1.82) is 0 Å². The van der Waals surface area contributed by atoms with Crippen LogP contribution in [-0.4, -0.2) is 26.9 Å². The minimum atomic E-state index is -0.817. The fraction of sp³-hybridized carbons (Fsp3) is 0.0968. The van der Waals surface area contributed by atoms with Crippen molar-refractivity contribution in [3.8, 4) is 11.3 Å². The Balaban J connectivity index is 1.23. The van der Waals surface area contributed by atoms with Gasteiger partial charge in [-0.05, 0) is 34.5 Å². The van der Waals surface area contributed by atoms with Gasteiger partial charge in [0.1, 0.15) is 11.6 Å². The maximum absolute atomic E-state index is 14.2. The second-order valence-corrected chi connectivity index (χ2v) is 10.1. The topological polar surface area (TPSA) is 49.6 Å². The van der Waals surface area contributed by atoms with Crippen LogP contribution in [0.4, 0.5) is 19.3 Å². The van der Waals surface area contributed by atoms with Crippen LogP contribution in [0.5, 0.6) is 0 Å². The average molecular weight is 539 g/mol. The van der Waals surface area contributed by atoms with Crippen LogP contribution in [0, 0.1) is 11.6 Å². The van der Waals surface area contributed by atoms with Crippen molar-refractivity contribution in [2.24, 2.45) is 0 Å². The van der Waals surface area contributed by atoms with Crippen molar-refractivity contribution >= 4 is 38.8 Å². The second-order valence-electron chi connectivity index (χ2n) is 9.28. The molecule has 0 saturated heterocycles. The lowest BCUT2D eigenvalue weighted by Crippen LogP contribution is -2.36. The molecule has 194 valence electrons. The summed E-state index contributed by atoms with van der Waals surface area (Å²) >= 11 is 1.55. The Hall–Kier alpha value is -4.56. The van der Waals surface area contributed by atoms with Crippen molar-refractivity contribution < 1.29 is 13.6 Å². The van der Waals surface area contributed by atoms with Gasteiger partial charge in [-0.2, -0.15) is 0 Å². The molecule has 8 heteroatoms. The van der Waals surface area contributed by atoms with Gasteiger partial charge in [-0.15, -0.1) is 11.3 Å². The van der Waals surface area contributed by atoms with Crippen LogP contribution in [0.3, 0.4) is 0 Å². The van der Waals surface area contributed by atoms with Crippen LogP contribution in [0.15, 0.2) is 103 Å². The summed E-state index contributed by atoms with van der Waals surface area (Å²) in [6.07, 6.45) is 2.60. The summed E-state index contributed by atoms with van der Waals surface area (Å²) in [5.41, 5.74) is 3.84. The van der Waals surface area contributed by atoms with Crippen molar-refractivity contribution in [2.45, 2.75) is 13.0 Å². The van der Waals surface area contributed by atoms with Gasteiger partial charge in [-0.3, -0.25) is 4.40 Å². The minimum Gasteiger partial charge on any atom is -0.320 e. The van der Waals surface area contributed by atoms with E-state index in [0.29, 0.717) is 19.5 Å². The predicted octanol–water partition coefficient (Wildman–Crippen LogP) is 7.77. The number of benzene rings is 4. The number of amides is 2. The number of fused-ring (bicyclic) bond motifs is 2. The number of hydrogen-bond acceptors (Lipinski definition) is 3. The summed E-state index contributed by atoms with van der Waals surface area (Å²) < 4.78 is 29.6. The second kappa shape index (κ2) is 10.7. The first kappa shape index (κ1) is 24.8. The van der Waals surface area contributed by atoms with E-state index in [4.69, 9.17) is 4.98 Å². The molecule has 2 heterocycles. The number of thiazole rings is 1. The molecule has 0 aliphatic carbocycles. The fourth-order valence-corrected chi connectivity index (χ4v) is 5.50. The number of nitrogens with zero attached hydrogens (tertiary/aromatic N) is 3. The van der Waals surface area contributed by atoms with Crippen LogP contribution >= 0.6 is 11.3 Å². The molecule has 0 aliphatic rings. The Morgan fingerprint density at radius 2 is 1.72 bits per heavy atom. The molecule has 0 saturated carbocycles. The molecule has 6 aromatic rings. The Labute approximate surface area is 228 Å². The minimum absolute atomic E-state index is 0.0629. The van der Waals surface area contributed by atoms with Gasteiger partial charge in [0.25, 0.3) is 0 Å². The van der Waals surface area contributed by atoms with Gasteiger partial charge in [-0.25, -0.2) is 18.6 Å². The Morgan fingerprint density at radius 1 is 0.923 bits per heavy atom. The van der Waals surface area contributed by atoms with Gasteiger partial charge in [0.05, 0.1) is 11.4 Å². The molecule has 1 N–H and O–H groups in total. The summed E-state index contributed by atoms with van der Waals surface area (Å²) in [7, 11) is 0. The van der Waals surface area contributed by atoms with E-state index in [1.807, 2.05) is 54.0 Å². The SMILES string of the molecule is O=C(Nc1ccc(F)cc1F)N(CCc1csc2nc(-c3ccc4ccccc4c3)cn12)Cc1ccccc1. The first-order chi connectivity index (χ1) is 19.0. The van der Waals surface area contributed by atoms with Gasteiger partial charge in [0.2, 0.25) is 0 Å². The lowest BCUT2D eigenvalue weighted by Gasteiger charge is -2.23. The molecule has 0 fully saturated rings. The molecule has 0 aliphatic heterocycles. The first-order valence-electron chi connectivity index (χ1n) is 12.5. The van der Waals surface area contributed by atoms with Crippen molar-refractivity contribution in [3.05, 3.63) is 125 Å². The maximum Gasteiger partial charge on any atom is 0.322 e. The van der Waals surface area contributed by atoms with Crippen molar-refractivity contribution in [2.75, 3.05) is 11.9 Å². The highest BCUT2D eigenvalue weighted by Gasteiger charge is 2.18. The van der Waals surface area contributed by atoms with E-state index in [2.05, 4.69) is 40.0 Å². The summed E-state index contributed by atoms with van der Waals surface area (Å²) in [4.78, 5) is 20.5. The van der Waals surface area contributed by atoms with E-state index in [9.17, 15) is 13.6 Å². The summed E-state index contributed by atoms with van der Waals surface area (Å²) in [6, 6.07) is 26.8. The first-order valence-corrected chi connectivity index (χ1v) is 13.4. The number of halogens is 2. The molecule has 39 heavy (non-hydrogen) atoms. The van der Waals surface area contributed by atoms with Crippen LogP contribution < -0.4 is 5.32 Å². The largest absolute Gasteiger partial charge is 0.322 e. The zero-order valence-corrected chi connectivity index (χ0v) is 21.7. The lowest BCUT2D eigenvalue weighted by molar-refractivity contribution is 0.209. The van der Waals surface area contributed by atoms with Crippen LogP contribution in [-0.2, 0) is 13.0 Å². The monoisotopic (exact) mass is 538 g/mol. The van der Waals surface area contributed by atoms with Gasteiger partial charge >= 0.3 is 6.03 Å². The number of anilines is 1. The van der Waals surface area contributed by atoms with Crippen molar-refractivity contribution in [1.82, 2.24) is 14.3 Å². The number of rotatable bonds is 7. The standard InChI is InChI=1S/C31H24F2N4OS/c32-25-12-13-28(27(33)17-25)34-30(38)36(18-21-6-2-1-3-7-21)15-14-26-20-39-31-35-29(19-37(26)31)24-11-10-22-8-4-5-9-23(22)16-24/h1-13,16-17,19-20H,14-15,18H2,(H,34,38). The molecule has 0 radical (unpaired) electrons. The Bertz CT molecular complexity index is 1780. The van der Waals surface area contributed by atoms with E-state index in [1.54, 1.807) is 16.2 Å². The highest BCUT2D eigenvalue weighted by molar-refractivity contribution is 7.15. The molecule has 0 atom stereocenters. The van der Waals surface area contributed by atoms with E-state index in [0.717, 1.165) is 45.0 Å². The van der Waals surface area contributed by atoms with Crippen LogP contribution in [0.1, 0.15) is 11.3 Å². The molecule has 6 rings (SSSR count). The smallest absolute Gasteiger partial charge is 0.320 e. The van der Waals surface area contributed by atoms with E-state index in [-0.39, 0.29) is 5.69 Å². The molecule has 4 aromatic carbocycles. The van der Waals surface area contributed by atoms with E-state index >= 15 is 0 Å². The molecule has 0 bridgehead atoms. The Morgan fingerprint density at radius 3 is 2.54 bits per heavy atom. The van der Waals surface area contributed by atoms with Crippen LogP contribution in [0.25, 0.3) is 27.0 Å². The zero-order chi connectivity index (χ0) is 26.8. The summed E-state index contributed by atoms with van der Waals surface area (Å²) in [6.45, 7) is 0.730. The molecule has 5 nitrogen and oxygen atoms in total. The maximum atomic E-state index is 14.2. The number of aromatic nitrogens is 2. The predicted molar refractivity (Wildman–Crippen MR) is 152 cm³/mol. The van der Waals surface area contributed by atoms with Gasteiger partial charge in [-0.1, -0.05) is 66.7 Å². The van der Waals surface area contributed by atoms with Gasteiger partial charge in [0, 0.05) is 48.4 Å². The molecular formula is C31H24F2N4OS. The highest BCUT2D eigenvalue weighted by Crippen LogP contribution is 2.27. The highest BCUT2D eigenvalue weighted by atomic mass is 32.1. The molecule has 0 unspecified atom stereocenters. The fourth-order valence-electron chi connectivity index (χ4n) is 4.59. The van der Waals surface area contributed by atoms with Crippen LogP contribution in [0.2, 0.25) is 0 Å². The number of imidazole rings is 1. The van der Waals surface area contributed by atoms with E-state index < -0.39 is 17.7 Å². The number of hydrogen-bond donors (Lipinski definition) is 1. The molecule has 2 aromatic heterocycles. The normalized spacial score (nSPS) is 11.2. The zero-order valence-electron chi connectivity index (χ0n) is 20.9. The van der Waals surface area contributed by atoms with Gasteiger partial charge in [0.15, 0.2) is 4.96 Å². The summed E-state index contributed by atoms with van der Waals surface area (Å²) in [5.74, 6) is -1.52. The van der Waals surface area contributed by atoms with Gasteiger partial charge < -0.3 is 10.2 Å². The average Bonchev–Trinajstić information content (AvgIpc) is 3.54. The quantitative estimate of drug-likeness (QED) is 0.226.